The highest BCUT2D eigenvalue weighted by Gasteiger charge is 2.13. The summed E-state index contributed by atoms with van der Waals surface area (Å²) in [6, 6.07) is 5.67. The number of hydrogen-bond acceptors (Lipinski definition) is 3. The zero-order valence-corrected chi connectivity index (χ0v) is 9.22. The molecule has 17 heavy (non-hydrogen) atoms. The van der Waals surface area contributed by atoms with Crippen LogP contribution in [0.15, 0.2) is 24.3 Å². The highest BCUT2D eigenvalue weighted by atomic mass is 19.1. The van der Waals surface area contributed by atoms with E-state index in [9.17, 15) is 14.0 Å². The van der Waals surface area contributed by atoms with Gasteiger partial charge in [0.2, 0.25) is 0 Å². The molecule has 0 aliphatic carbocycles. The number of benzene rings is 1. The van der Waals surface area contributed by atoms with Crippen LogP contribution in [0.5, 0.6) is 5.75 Å². The van der Waals surface area contributed by atoms with E-state index in [1.54, 1.807) is 6.07 Å². The molecule has 0 unspecified atom stereocenters. The van der Waals surface area contributed by atoms with Crippen molar-refractivity contribution in [1.29, 1.82) is 0 Å². The molecule has 1 amide bonds. The van der Waals surface area contributed by atoms with Gasteiger partial charge in [-0.1, -0.05) is 12.1 Å². The van der Waals surface area contributed by atoms with E-state index >= 15 is 0 Å². The van der Waals surface area contributed by atoms with Gasteiger partial charge >= 0.3 is 5.97 Å². The lowest BCUT2D eigenvalue weighted by Gasteiger charge is -2.14. The number of ether oxygens (including phenoxy) is 1. The number of aliphatic carboxylic acids is 1. The van der Waals surface area contributed by atoms with Crippen molar-refractivity contribution < 1.29 is 23.8 Å². The van der Waals surface area contributed by atoms with E-state index in [1.165, 1.54) is 25.2 Å². The van der Waals surface area contributed by atoms with Crippen LogP contribution in [-0.4, -0.2) is 42.1 Å². The first-order chi connectivity index (χ1) is 8.00. The van der Waals surface area contributed by atoms with E-state index in [2.05, 4.69) is 0 Å². The monoisotopic (exact) mass is 241 g/mol. The number of nitrogens with zero attached hydrogens (tertiary/aromatic N) is 1. The normalized spacial score (nSPS) is 9.76. The van der Waals surface area contributed by atoms with Gasteiger partial charge in [-0.15, -0.1) is 0 Å². The fraction of sp³-hybridized carbons (Fsp3) is 0.273. The van der Waals surface area contributed by atoms with E-state index in [0.717, 1.165) is 4.90 Å². The lowest BCUT2D eigenvalue weighted by atomic mass is 10.3. The summed E-state index contributed by atoms with van der Waals surface area (Å²) in [5.74, 6) is -2.26. The Bertz CT molecular complexity index is 422. The molecular weight excluding hydrogens is 229 g/mol. The Morgan fingerprint density at radius 1 is 1.41 bits per heavy atom. The van der Waals surface area contributed by atoms with Crippen molar-refractivity contribution in [1.82, 2.24) is 4.90 Å². The van der Waals surface area contributed by atoms with E-state index < -0.39 is 30.8 Å². The quantitative estimate of drug-likeness (QED) is 0.826. The second-order valence-corrected chi connectivity index (χ2v) is 3.36. The topological polar surface area (TPSA) is 66.8 Å². The van der Waals surface area contributed by atoms with Crippen LogP contribution in [0.1, 0.15) is 0 Å². The molecule has 0 heterocycles. The van der Waals surface area contributed by atoms with Gasteiger partial charge in [0.1, 0.15) is 6.54 Å². The summed E-state index contributed by atoms with van der Waals surface area (Å²) in [5.41, 5.74) is 0. The van der Waals surface area contributed by atoms with Crippen LogP contribution in [0.25, 0.3) is 0 Å². The molecule has 0 aliphatic heterocycles. The fourth-order valence-corrected chi connectivity index (χ4v) is 1.10. The third kappa shape index (κ3) is 4.10. The molecule has 6 heteroatoms. The Kier molecular flexibility index (Phi) is 4.45. The van der Waals surface area contributed by atoms with Gasteiger partial charge in [-0.25, -0.2) is 4.39 Å². The summed E-state index contributed by atoms with van der Waals surface area (Å²) in [4.78, 5) is 22.7. The largest absolute Gasteiger partial charge is 0.481 e. The predicted octanol–water partition coefficient (Wildman–Crippen LogP) is 0.747. The number of amides is 1. The number of carboxylic acid groups (broad SMARTS) is 1. The summed E-state index contributed by atoms with van der Waals surface area (Å²) >= 11 is 0. The van der Waals surface area contributed by atoms with Gasteiger partial charge < -0.3 is 14.7 Å². The van der Waals surface area contributed by atoms with Crippen LogP contribution in [0.2, 0.25) is 0 Å². The maximum atomic E-state index is 13.1. The van der Waals surface area contributed by atoms with Gasteiger partial charge in [0.05, 0.1) is 0 Å². The minimum atomic E-state index is -1.12. The lowest BCUT2D eigenvalue weighted by Crippen LogP contribution is -2.35. The van der Waals surface area contributed by atoms with Gasteiger partial charge in [-0.05, 0) is 12.1 Å². The zero-order chi connectivity index (χ0) is 12.8. The average Bonchev–Trinajstić information content (AvgIpc) is 2.26. The highest BCUT2D eigenvalue weighted by Crippen LogP contribution is 2.15. The Balaban J connectivity index is 2.48. The van der Waals surface area contributed by atoms with Crippen molar-refractivity contribution in [3.05, 3.63) is 30.1 Å². The van der Waals surface area contributed by atoms with Gasteiger partial charge in [0.25, 0.3) is 5.91 Å². The summed E-state index contributed by atoms with van der Waals surface area (Å²) in [6.45, 7) is -0.815. The molecular formula is C11H12FNO4. The molecule has 5 nitrogen and oxygen atoms in total. The van der Waals surface area contributed by atoms with E-state index in [0.29, 0.717) is 0 Å². The molecule has 0 aliphatic rings. The first-order valence-electron chi connectivity index (χ1n) is 4.84. The van der Waals surface area contributed by atoms with Crippen LogP contribution in [0, 0.1) is 5.82 Å². The first-order valence-corrected chi connectivity index (χ1v) is 4.84. The number of carboxylic acids is 1. The number of carbonyl (C=O) groups is 2. The second kappa shape index (κ2) is 5.83. The molecule has 0 saturated heterocycles. The molecule has 92 valence electrons. The molecule has 0 aromatic heterocycles. The van der Waals surface area contributed by atoms with Crippen molar-refractivity contribution >= 4 is 11.9 Å². The Labute approximate surface area is 97.4 Å². The maximum Gasteiger partial charge on any atom is 0.323 e. The first kappa shape index (κ1) is 13.0. The minimum Gasteiger partial charge on any atom is -0.481 e. The summed E-state index contributed by atoms with van der Waals surface area (Å²) in [6.07, 6.45) is 0. The smallest absolute Gasteiger partial charge is 0.323 e. The van der Waals surface area contributed by atoms with Crippen LogP contribution < -0.4 is 4.74 Å². The van der Waals surface area contributed by atoms with Gasteiger partial charge in [-0.3, -0.25) is 9.59 Å². The molecule has 1 aromatic rings. The number of hydrogen-bond donors (Lipinski definition) is 1. The predicted molar refractivity (Wildman–Crippen MR) is 57.2 cm³/mol. The summed E-state index contributed by atoms with van der Waals surface area (Å²) in [5, 5.41) is 8.47. The van der Waals surface area contributed by atoms with Crippen molar-refractivity contribution in [2.24, 2.45) is 0 Å². The molecule has 0 fully saturated rings. The maximum absolute atomic E-state index is 13.1. The Morgan fingerprint density at radius 3 is 2.65 bits per heavy atom. The standard InChI is InChI=1S/C11H12FNO4/c1-13(6-11(15)16)10(14)7-17-9-5-3-2-4-8(9)12/h2-5H,6-7H2,1H3,(H,15,16). The SMILES string of the molecule is CN(CC(=O)O)C(=O)COc1ccccc1F. The minimum absolute atomic E-state index is 0.0374. The molecule has 1 aromatic carbocycles. The van der Waals surface area contributed by atoms with Gasteiger partial charge in [0, 0.05) is 7.05 Å². The number of halogens is 1. The molecule has 1 N–H and O–H groups in total. The van der Waals surface area contributed by atoms with Crippen LogP contribution in [-0.2, 0) is 9.59 Å². The highest BCUT2D eigenvalue weighted by molar-refractivity contribution is 5.82. The molecule has 0 radical (unpaired) electrons. The van der Waals surface area contributed by atoms with Crippen molar-refractivity contribution in [3.8, 4) is 5.75 Å². The Morgan fingerprint density at radius 2 is 2.06 bits per heavy atom. The third-order valence-electron chi connectivity index (χ3n) is 1.99. The van der Waals surface area contributed by atoms with Crippen molar-refractivity contribution in [2.75, 3.05) is 20.2 Å². The van der Waals surface area contributed by atoms with Gasteiger partial charge in [0.15, 0.2) is 18.2 Å². The molecule has 0 saturated carbocycles. The molecule has 0 atom stereocenters. The number of likely N-dealkylation sites (N-methyl/N-ethyl adjacent to an activating group) is 1. The van der Waals surface area contributed by atoms with E-state index in [1.807, 2.05) is 0 Å². The van der Waals surface area contributed by atoms with Crippen LogP contribution in [0.4, 0.5) is 4.39 Å². The van der Waals surface area contributed by atoms with Crippen LogP contribution >= 0.6 is 0 Å². The average molecular weight is 241 g/mol. The zero-order valence-electron chi connectivity index (χ0n) is 9.22. The van der Waals surface area contributed by atoms with Crippen molar-refractivity contribution in [2.45, 2.75) is 0 Å². The fourth-order valence-electron chi connectivity index (χ4n) is 1.10. The Hall–Kier alpha value is -2.11. The lowest BCUT2D eigenvalue weighted by molar-refractivity contribution is -0.144. The molecule has 0 spiro atoms. The second-order valence-electron chi connectivity index (χ2n) is 3.36. The number of carbonyl (C=O) groups excluding carboxylic acids is 1. The third-order valence-corrected chi connectivity index (χ3v) is 1.99. The van der Waals surface area contributed by atoms with E-state index in [-0.39, 0.29) is 5.75 Å². The summed E-state index contributed by atoms with van der Waals surface area (Å²) in [7, 11) is 1.33. The number of para-hydroxylation sites is 1. The van der Waals surface area contributed by atoms with E-state index in [4.69, 9.17) is 9.84 Å². The number of rotatable bonds is 5. The van der Waals surface area contributed by atoms with Gasteiger partial charge in [-0.2, -0.15) is 0 Å². The van der Waals surface area contributed by atoms with Crippen LogP contribution in [0.3, 0.4) is 0 Å². The summed E-state index contributed by atoms with van der Waals surface area (Å²) < 4.78 is 18.0. The van der Waals surface area contributed by atoms with Crippen molar-refractivity contribution in [3.63, 3.8) is 0 Å². The molecule has 1 rings (SSSR count). The molecule has 0 bridgehead atoms.